The molecular weight excluding hydrogens is 100 g/mol. The van der Waals surface area contributed by atoms with Gasteiger partial charge in [-0.3, -0.25) is 0 Å². The summed E-state index contributed by atoms with van der Waals surface area (Å²) in [5.74, 6) is -1.16. The Morgan fingerprint density at radius 2 is 1.57 bits per heavy atom. The Morgan fingerprint density at radius 3 is 1.71 bits per heavy atom. The minimum absolute atomic E-state index is 0.579. The number of hydrogen-bond donors (Lipinski definition) is 0. The van der Waals surface area contributed by atoms with E-state index in [4.69, 9.17) is 0 Å². The Labute approximate surface area is 39.6 Å². The molecule has 3 heteroatoms. The molecule has 1 aliphatic rings. The fraction of sp³-hybridized carbons (Fsp3) is 0. The van der Waals surface area contributed by atoms with Gasteiger partial charge in [-0.25, -0.2) is 9.59 Å². The van der Waals surface area contributed by atoms with Crippen LogP contribution in [0.4, 0.5) is 0 Å². The van der Waals surface area contributed by atoms with Gasteiger partial charge in [0.1, 0.15) is 0 Å². The van der Waals surface area contributed by atoms with Crippen molar-refractivity contribution in [3.8, 4) is 0 Å². The summed E-state index contributed by atoms with van der Waals surface area (Å²) in [6.45, 7) is 0. The highest BCUT2D eigenvalue weighted by Crippen LogP contribution is 1.92. The van der Waals surface area contributed by atoms with E-state index in [1.54, 1.807) is 0 Å². The second-order valence-electron chi connectivity index (χ2n) is 1.07. The minimum atomic E-state index is -0.579. The van der Waals surface area contributed by atoms with E-state index in [1.165, 1.54) is 0 Å². The SMILES string of the molecule is O=C1[14CH]=[14CH]C(=O)O1. The first kappa shape index (κ1) is 4.05. The number of rotatable bonds is 0. The molecule has 3 nitrogen and oxygen atoms in total. The Hall–Kier alpha value is -1.12. The van der Waals surface area contributed by atoms with Crippen molar-refractivity contribution in [3.05, 3.63) is 12.2 Å². The van der Waals surface area contributed by atoms with Gasteiger partial charge in [0.05, 0.1) is 0 Å². The Balaban J connectivity index is 2.76. The summed E-state index contributed by atoms with van der Waals surface area (Å²) in [5.41, 5.74) is 0. The van der Waals surface area contributed by atoms with E-state index >= 15 is 0 Å². The normalized spacial score (nSPS) is 17.7. The molecule has 0 amide bonds. The van der Waals surface area contributed by atoms with E-state index in [2.05, 4.69) is 4.74 Å². The highest BCUT2D eigenvalue weighted by atomic mass is 16.6. The summed E-state index contributed by atoms with van der Waals surface area (Å²) in [5, 5.41) is 0. The summed E-state index contributed by atoms with van der Waals surface area (Å²) < 4.78 is 3.97. The molecule has 1 rings (SSSR count). The summed E-state index contributed by atoms with van der Waals surface area (Å²) in [6.07, 6.45) is 2.17. The lowest BCUT2D eigenvalue weighted by molar-refractivity contribution is -0.150. The van der Waals surface area contributed by atoms with E-state index in [-0.39, 0.29) is 0 Å². The molecule has 0 atom stereocenters. The number of carbonyl (C=O) groups is 2. The van der Waals surface area contributed by atoms with E-state index < -0.39 is 11.9 Å². The van der Waals surface area contributed by atoms with Gasteiger partial charge in [0.25, 0.3) is 0 Å². The third-order valence-corrected chi connectivity index (χ3v) is 0.557. The zero-order valence-corrected chi connectivity index (χ0v) is 3.38. The molecule has 0 unspecified atom stereocenters. The van der Waals surface area contributed by atoms with Crippen molar-refractivity contribution in [3.63, 3.8) is 0 Å². The van der Waals surface area contributed by atoms with E-state index in [0.29, 0.717) is 0 Å². The van der Waals surface area contributed by atoms with Gasteiger partial charge in [-0.1, -0.05) is 0 Å². The quantitative estimate of drug-likeness (QED) is 0.309. The topological polar surface area (TPSA) is 43.4 Å². The first-order chi connectivity index (χ1) is 3.29. The molecule has 0 spiro atoms. The monoisotopic (exact) mass is 102 g/mol. The van der Waals surface area contributed by atoms with Crippen LogP contribution < -0.4 is 0 Å². The maximum absolute atomic E-state index is 9.92. The second kappa shape index (κ2) is 1.18. The zero-order valence-electron chi connectivity index (χ0n) is 3.38. The average Bonchev–Trinajstić information content (AvgIpc) is 1.87. The first-order valence-corrected chi connectivity index (χ1v) is 1.73. The van der Waals surface area contributed by atoms with Gasteiger partial charge in [-0.05, 0) is 0 Å². The lowest BCUT2D eigenvalue weighted by atomic mass is 11.2. The molecule has 0 fully saturated rings. The van der Waals surface area contributed by atoms with Gasteiger partial charge >= 0.3 is 11.9 Å². The molecule has 7 heavy (non-hydrogen) atoms. The molecule has 0 aromatic carbocycles. The van der Waals surface area contributed by atoms with Crippen molar-refractivity contribution >= 4 is 11.9 Å². The van der Waals surface area contributed by atoms with Gasteiger partial charge in [0, 0.05) is 12.2 Å². The molecule has 0 saturated heterocycles. The van der Waals surface area contributed by atoms with E-state index in [0.717, 1.165) is 12.2 Å². The smallest absolute Gasteiger partial charge is 0.338 e. The predicted octanol–water partition coefficient (Wildman–Crippen LogP) is -0.374. The maximum Gasteiger partial charge on any atom is 0.338 e. The van der Waals surface area contributed by atoms with Crippen molar-refractivity contribution in [1.29, 1.82) is 0 Å². The molecule has 0 aromatic rings. The molecule has 1 heterocycles. The fourth-order valence-electron chi connectivity index (χ4n) is 0.303. The van der Waals surface area contributed by atoms with Crippen LogP contribution in [0.25, 0.3) is 0 Å². The van der Waals surface area contributed by atoms with Gasteiger partial charge in [0.15, 0.2) is 0 Å². The summed E-state index contributed by atoms with van der Waals surface area (Å²) in [7, 11) is 0. The fourth-order valence-corrected chi connectivity index (χ4v) is 0.303. The standard InChI is InChI=1S/C4H2O3/c5-3-1-2-4(6)7-3/h1-2H/i1+2,2+2. The van der Waals surface area contributed by atoms with Gasteiger partial charge in [0.2, 0.25) is 0 Å². The largest absolute Gasteiger partial charge is 0.387 e. The number of esters is 2. The maximum atomic E-state index is 9.92. The zero-order chi connectivity index (χ0) is 5.28. The molecule has 0 aliphatic carbocycles. The molecule has 0 saturated carbocycles. The van der Waals surface area contributed by atoms with Crippen molar-refractivity contribution < 1.29 is 14.3 Å². The van der Waals surface area contributed by atoms with Crippen molar-refractivity contribution in [2.24, 2.45) is 0 Å². The van der Waals surface area contributed by atoms with Gasteiger partial charge < -0.3 is 4.74 Å². The number of ether oxygens (including phenoxy) is 1. The van der Waals surface area contributed by atoms with Crippen molar-refractivity contribution in [1.82, 2.24) is 0 Å². The van der Waals surface area contributed by atoms with Gasteiger partial charge in [-0.2, -0.15) is 0 Å². The van der Waals surface area contributed by atoms with Crippen LogP contribution in [0.5, 0.6) is 0 Å². The highest BCUT2D eigenvalue weighted by molar-refractivity contribution is 6.04. The molecular formula is C4H2O3. The number of cyclic esters (lactones) is 2. The van der Waals surface area contributed by atoms with E-state index in [9.17, 15) is 9.59 Å². The average molecular weight is 102 g/mol. The molecule has 0 aromatic heterocycles. The van der Waals surface area contributed by atoms with Crippen LogP contribution in [0.3, 0.4) is 0 Å². The predicted molar refractivity (Wildman–Crippen MR) is 20.2 cm³/mol. The molecule has 1 aliphatic heterocycles. The summed E-state index contributed by atoms with van der Waals surface area (Å²) in [6, 6.07) is 0. The number of hydrogen-bond acceptors (Lipinski definition) is 3. The third-order valence-electron chi connectivity index (χ3n) is 0.557. The Kier molecular flexibility index (Phi) is 0.685. The highest BCUT2D eigenvalue weighted by Gasteiger charge is 2.10. The van der Waals surface area contributed by atoms with Crippen LogP contribution in [0.15, 0.2) is 12.2 Å². The Morgan fingerprint density at radius 1 is 1.14 bits per heavy atom. The van der Waals surface area contributed by atoms with Crippen molar-refractivity contribution in [2.45, 2.75) is 0 Å². The molecule has 0 radical (unpaired) electrons. The van der Waals surface area contributed by atoms with Crippen molar-refractivity contribution in [2.75, 3.05) is 0 Å². The molecule has 0 bridgehead atoms. The third kappa shape index (κ3) is 0.652. The van der Waals surface area contributed by atoms with Crippen LogP contribution in [0, 0.1) is 0 Å². The van der Waals surface area contributed by atoms with E-state index in [1.807, 2.05) is 0 Å². The van der Waals surface area contributed by atoms with Crippen LogP contribution >= 0.6 is 0 Å². The minimum Gasteiger partial charge on any atom is -0.387 e. The summed E-state index contributed by atoms with van der Waals surface area (Å²) in [4.78, 5) is 19.8. The molecule has 36 valence electrons. The van der Waals surface area contributed by atoms with Crippen LogP contribution in [0.2, 0.25) is 0 Å². The first-order valence-electron chi connectivity index (χ1n) is 1.73. The van der Waals surface area contributed by atoms with Crippen LogP contribution in [-0.4, -0.2) is 11.9 Å². The molecule has 0 N–H and O–H groups in total. The summed E-state index contributed by atoms with van der Waals surface area (Å²) >= 11 is 0. The van der Waals surface area contributed by atoms with Gasteiger partial charge in [-0.15, -0.1) is 0 Å². The number of carbonyl (C=O) groups excluding carboxylic acids is 2. The second-order valence-corrected chi connectivity index (χ2v) is 1.07. The van der Waals surface area contributed by atoms with Crippen LogP contribution in [0.1, 0.15) is 0 Å². The lowest BCUT2D eigenvalue weighted by Gasteiger charge is -1.80. The lowest BCUT2D eigenvalue weighted by Crippen LogP contribution is -1.96. The van der Waals surface area contributed by atoms with Crippen LogP contribution in [-0.2, 0) is 14.3 Å². The Bertz CT molecular complexity index is 129.